The normalized spacial score (nSPS) is 17.1. The van der Waals surface area contributed by atoms with Gasteiger partial charge in [0.1, 0.15) is 17.6 Å². The largest absolute Gasteiger partial charge is 0.479 e. The van der Waals surface area contributed by atoms with Crippen LogP contribution in [-0.4, -0.2) is 89.9 Å². The van der Waals surface area contributed by atoms with E-state index in [2.05, 4.69) is 15.6 Å². The van der Waals surface area contributed by atoms with Gasteiger partial charge in [0.25, 0.3) is 0 Å². The van der Waals surface area contributed by atoms with Gasteiger partial charge in [-0.2, -0.15) is 0 Å². The zero-order chi connectivity index (χ0) is 49.1. The van der Waals surface area contributed by atoms with Crippen molar-refractivity contribution in [3.8, 4) is 0 Å². The third kappa shape index (κ3) is 14.4. The van der Waals surface area contributed by atoms with Crippen LogP contribution in [0.4, 0.5) is 26.7 Å². The van der Waals surface area contributed by atoms with Crippen molar-refractivity contribution in [2.24, 2.45) is 22.2 Å². The first kappa shape index (κ1) is 53.4. The molecule has 3 aromatic rings. The van der Waals surface area contributed by atoms with Crippen LogP contribution in [0, 0.1) is 17.3 Å². The molecule has 3 N–H and O–H groups in total. The number of rotatable bonds is 21. The van der Waals surface area contributed by atoms with E-state index in [4.69, 9.17) is 9.47 Å². The minimum atomic E-state index is -1.59. The molecule has 67 heavy (non-hydrogen) atoms. The fourth-order valence-corrected chi connectivity index (χ4v) is 8.41. The second-order valence-corrected chi connectivity index (χ2v) is 18.7. The number of ether oxygens (including phenoxy) is 2. The molecule has 0 bridgehead atoms. The highest BCUT2D eigenvalue weighted by molar-refractivity contribution is 6.21. The molecule has 1 aliphatic rings. The lowest BCUT2D eigenvalue weighted by molar-refractivity contribution is -0.156. The Morgan fingerprint density at radius 1 is 0.836 bits per heavy atom. The van der Waals surface area contributed by atoms with E-state index < -0.39 is 47.1 Å². The van der Waals surface area contributed by atoms with Gasteiger partial charge in [-0.05, 0) is 98.8 Å². The summed E-state index contributed by atoms with van der Waals surface area (Å²) in [5.74, 6) is -2.34. The van der Waals surface area contributed by atoms with Crippen LogP contribution < -0.4 is 20.4 Å². The van der Waals surface area contributed by atoms with E-state index >= 15 is 4.79 Å². The quantitative estimate of drug-likeness (QED) is 0.0404. The van der Waals surface area contributed by atoms with Crippen molar-refractivity contribution >= 4 is 53.0 Å². The molecule has 0 spiro atoms. The summed E-state index contributed by atoms with van der Waals surface area (Å²) in [6.45, 7) is 17.9. The van der Waals surface area contributed by atoms with Crippen LogP contribution in [0.3, 0.4) is 0 Å². The van der Waals surface area contributed by atoms with Crippen molar-refractivity contribution in [3.05, 3.63) is 103 Å². The number of carboxylic acid groups (broad SMARTS) is 1. The van der Waals surface area contributed by atoms with Gasteiger partial charge in [0.15, 0.2) is 0 Å². The number of para-hydroxylation sites is 3. The van der Waals surface area contributed by atoms with Crippen LogP contribution in [0.1, 0.15) is 114 Å². The number of guanidine groups is 1. The Kier molecular flexibility index (Phi) is 20.5. The van der Waals surface area contributed by atoms with Crippen molar-refractivity contribution in [2.45, 2.75) is 131 Å². The maximum absolute atomic E-state index is 15.1. The van der Waals surface area contributed by atoms with Crippen LogP contribution in [0.15, 0.2) is 108 Å². The topological polar surface area (TPSA) is 170 Å². The van der Waals surface area contributed by atoms with Crippen LogP contribution in [0.25, 0.3) is 0 Å². The molecule has 1 aliphatic heterocycles. The van der Waals surface area contributed by atoms with Crippen LogP contribution in [-0.2, 0) is 23.9 Å². The van der Waals surface area contributed by atoms with E-state index in [1.165, 1.54) is 4.90 Å². The number of amides is 4. The number of benzene rings is 3. The Bertz CT molecular complexity index is 2120. The number of nitrogens with one attached hydrogen (secondary N) is 2. The Morgan fingerprint density at radius 3 is 1.94 bits per heavy atom. The minimum absolute atomic E-state index is 0.000569. The smallest absolute Gasteiger partial charge is 0.436 e. The number of allylic oxidation sites excluding steroid dienone is 1. The van der Waals surface area contributed by atoms with Crippen molar-refractivity contribution in [2.75, 3.05) is 41.4 Å². The molecular weight excluding hydrogens is 849 g/mol. The average Bonchev–Trinajstić information content (AvgIpc) is 3.64. The summed E-state index contributed by atoms with van der Waals surface area (Å²) >= 11 is 0. The monoisotopic (exact) mass is 923 g/mol. The van der Waals surface area contributed by atoms with Crippen molar-refractivity contribution < 1.29 is 38.6 Å². The third-order valence-electron chi connectivity index (χ3n) is 12.2. The molecule has 4 atom stereocenters. The fourth-order valence-electron chi connectivity index (χ4n) is 8.41. The van der Waals surface area contributed by atoms with Crippen LogP contribution in [0.2, 0.25) is 0 Å². The van der Waals surface area contributed by atoms with Gasteiger partial charge in [-0.25, -0.2) is 19.3 Å². The van der Waals surface area contributed by atoms with Gasteiger partial charge in [0.05, 0.1) is 18.9 Å². The second kappa shape index (κ2) is 25.7. The maximum Gasteiger partial charge on any atom is 0.436 e. The number of hydrogen-bond acceptors (Lipinski definition) is 8. The number of carboxylic acids is 1. The highest BCUT2D eigenvalue weighted by Crippen LogP contribution is 2.38. The molecule has 1 fully saturated rings. The van der Waals surface area contributed by atoms with Crippen molar-refractivity contribution in [3.63, 3.8) is 0 Å². The van der Waals surface area contributed by atoms with E-state index in [-0.39, 0.29) is 56.4 Å². The average molecular weight is 923 g/mol. The molecule has 1 unspecified atom stereocenters. The standard InChI is InChI=1S/C53H74N6O8/c1-10-13-34-66-50(64)55-49(59(43-30-22-17-23-31-43)51(65)67-35-14-11-2)57(42-28-20-16-21-29-42)33-25-24-32-44(54-41-26-18-15-19-27-41)47(61)58-37-40(12-3)39(6)45(58)46(60)56-53(48(62)63,36-38(4)5)52(7,8)9/h12,15-23,26-31,38-39,44-45,54H,10-11,13-14,24-25,32-37H2,1-9H3,(H,56,60)(H,62,63)/b40-12-,55-49?/t39-,44?,45+,53-/m1/s1. The van der Waals surface area contributed by atoms with E-state index in [1.54, 1.807) is 34.1 Å². The van der Waals surface area contributed by atoms with E-state index in [0.29, 0.717) is 43.5 Å². The molecule has 364 valence electrons. The molecule has 4 rings (SSSR count). The Balaban J connectivity index is 1.72. The van der Waals surface area contributed by atoms with Crippen molar-refractivity contribution in [1.29, 1.82) is 0 Å². The summed E-state index contributed by atoms with van der Waals surface area (Å²) < 4.78 is 11.3. The Morgan fingerprint density at radius 2 is 1.40 bits per heavy atom. The Labute approximate surface area is 398 Å². The number of carbonyl (C=O) groups excluding carboxylic acids is 4. The molecule has 14 nitrogen and oxygen atoms in total. The van der Waals surface area contributed by atoms with E-state index in [1.807, 2.05) is 135 Å². The van der Waals surface area contributed by atoms with Crippen LogP contribution in [0.5, 0.6) is 0 Å². The molecule has 14 heteroatoms. The first-order chi connectivity index (χ1) is 32.0. The molecule has 0 aliphatic carbocycles. The summed E-state index contributed by atoms with van der Waals surface area (Å²) in [5, 5.41) is 17.2. The lowest BCUT2D eigenvalue weighted by Gasteiger charge is -2.44. The Hall–Kier alpha value is -6.18. The van der Waals surface area contributed by atoms with Gasteiger partial charge in [0, 0.05) is 30.4 Å². The fraction of sp³-hybridized carbons (Fsp3) is 0.509. The molecule has 3 aromatic carbocycles. The summed E-state index contributed by atoms with van der Waals surface area (Å²) in [6, 6.07) is 25.9. The number of likely N-dealkylation sites (tertiary alicyclic amines) is 1. The predicted octanol–water partition coefficient (Wildman–Crippen LogP) is 10.7. The van der Waals surface area contributed by atoms with Crippen LogP contribution >= 0.6 is 0 Å². The SMILES string of the molecule is C/C=C1/CN(C(=O)C(CCCCN(C(=NC(=O)OCCCC)N(C(=O)OCCCC)c2ccccc2)c2ccccc2)Nc2ccccc2)[C@H](C(=O)N[C@](CC(C)C)(C(=O)O)C(C)(C)C)[C@@H]1C. The number of anilines is 3. The van der Waals surface area contributed by atoms with Gasteiger partial charge in [0.2, 0.25) is 17.8 Å². The first-order valence-corrected chi connectivity index (χ1v) is 23.9. The molecule has 0 aromatic heterocycles. The highest BCUT2D eigenvalue weighted by Gasteiger charge is 2.53. The van der Waals surface area contributed by atoms with E-state index in [9.17, 15) is 24.3 Å². The summed E-state index contributed by atoms with van der Waals surface area (Å²) in [4.78, 5) is 79.6. The number of unbranched alkanes of at least 4 members (excludes halogenated alkanes) is 3. The van der Waals surface area contributed by atoms with Gasteiger partial charge in [-0.1, -0.05) is 129 Å². The zero-order valence-corrected chi connectivity index (χ0v) is 41.1. The maximum atomic E-state index is 15.1. The molecule has 1 saturated heterocycles. The zero-order valence-electron chi connectivity index (χ0n) is 41.1. The first-order valence-electron chi connectivity index (χ1n) is 23.9. The van der Waals surface area contributed by atoms with Crippen molar-refractivity contribution in [1.82, 2.24) is 10.2 Å². The molecule has 1 heterocycles. The van der Waals surface area contributed by atoms with E-state index in [0.717, 1.165) is 24.1 Å². The molecular formula is C53H74N6O8. The third-order valence-corrected chi connectivity index (χ3v) is 12.2. The summed E-state index contributed by atoms with van der Waals surface area (Å²) in [6.07, 6.45) is 4.78. The second-order valence-electron chi connectivity index (χ2n) is 18.7. The number of aliphatic carboxylic acids is 1. The molecule has 0 saturated carbocycles. The summed E-state index contributed by atoms with van der Waals surface area (Å²) in [7, 11) is 0. The van der Waals surface area contributed by atoms with Gasteiger partial charge in [-0.3, -0.25) is 9.59 Å². The lowest BCUT2D eigenvalue weighted by atomic mass is 9.69. The number of nitrogens with zero attached hydrogens (tertiary/aromatic N) is 4. The van der Waals surface area contributed by atoms with Gasteiger partial charge in [-0.15, -0.1) is 4.99 Å². The minimum Gasteiger partial charge on any atom is -0.479 e. The lowest BCUT2D eigenvalue weighted by Crippen LogP contribution is -2.66. The molecule has 0 radical (unpaired) electrons. The predicted molar refractivity (Wildman–Crippen MR) is 266 cm³/mol. The molecule has 4 amide bonds. The summed E-state index contributed by atoms with van der Waals surface area (Å²) in [5.41, 5.74) is 0.281. The van der Waals surface area contributed by atoms with Gasteiger partial charge >= 0.3 is 18.2 Å². The highest BCUT2D eigenvalue weighted by atomic mass is 16.6. The number of aliphatic imine (C=N–C) groups is 1. The number of hydrogen-bond donors (Lipinski definition) is 3. The van der Waals surface area contributed by atoms with Gasteiger partial charge < -0.3 is 35.0 Å². The number of carbonyl (C=O) groups is 5.